The monoisotopic (exact) mass is 256 g/mol. The van der Waals surface area contributed by atoms with E-state index in [2.05, 4.69) is 0 Å². The Balaban J connectivity index is 2.78. The lowest BCUT2D eigenvalue weighted by Gasteiger charge is -2.04. The van der Waals surface area contributed by atoms with Crippen LogP contribution >= 0.6 is 37.8 Å². The van der Waals surface area contributed by atoms with Crippen LogP contribution in [0.25, 0.3) is 0 Å². The van der Waals surface area contributed by atoms with E-state index in [1.165, 1.54) is 16.9 Å². The summed E-state index contributed by atoms with van der Waals surface area (Å²) in [5, 5.41) is 0. The van der Waals surface area contributed by atoms with Crippen molar-refractivity contribution in [3.8, 4) is 0 Å². The summed E-state index contributed by atoms with van der Waals surface area (Å²) in [6.07, 6.45) is 0. The first-order valence-electron chi connectivity index (χ1n) is 3.23. The molecule has 1 aromatic rings. The molecule has 0 amide bonds. The molecule has 0 fully saturated rings. The third-order valence-electron chi connectivity index (χ3n) is 1.23. The van der Waals surface area contributed by atoms with Gasteiger partial charge >= 0.3 is 0 Å². The van der Waals surface area contributed by atoms with Gasteiger partial charge in [0.2, 0.25) is 0 Å². The van der Waals surface area contributed by atoms with Crippen molar-refractivity contribution in [1.29, 1.82) is 0 Å². The van der Waals surface area contributed by atoms with Gasteiger partial charge in [0.05, 0.1) is 0 Å². The number of hydrogen-bond acceptors (Lipinski definition) is 2. The molecule has 0 aromatic heterocycles. The maximum Gasteiger partial charge on any atom is 0.175 e. The van der Waals surface area contributed by atoms with Crippen LogP contribution in [-0.2, 0) is 11.8 Å². The van der Waals surface area contributed by atoms with Crippen LogP contribution in [0.1, 0.15) is 5.56 Å². The van der Waals surface area contributed by atoms with Gasteiger partial charge in [-0.2, -0.15) is 0 Å². The van der Waals surface area contributed by atoms with Crippen LogP contribution in [-0.4, -0.2) is 0 Å². The summed E-state index contributed by atoms with van der Waals surface area (Å²) in [7, 11) is 0. The van der Waals surface area contributed by atoms with Crippen molar-refractivity contribution in [2.75, 3.05) is 0 Å². The molecule has 0 saturated carbocycles. The van der Waals surface area contributed by atoms with Crippen LogP contribution in [0.5, 0.6) is 0 Å². The van der Waals surface area contributed by atoms with Gasteiger partial charge in [-0.1, -0.05) is 63.4 Å². The zero-order valence-electron chi connectivity index (χ0n) is 6.33. The molecule has 1 rings (SSSR count). The van der Waals surface area contributed by atoms with Crippen LogP contribution in [0.3, 0.4) is 0 Å². The Bertz CT molecular complexity index is 304. The molecule has 0 N–H and O–H groups in total. The molecular formula is C7H7Cl2PS2. The van der Waals surface area contributed by atoms with E-state index in [1.807, 2.05) is 31.2 Å². The van der Waals surface area contributed by atoms with Gasteiger partial charge in [0.25, 0.3) is 0 Å². The van der Waals surface area contributed by atoms with E-state index in [-0.39, 0.29) is 0 Å². The highest BCUT2D eigenvalue weighted by Crippen LogP contribution is 2.70. The molecule has 0 nitrogen and oxygen atoms in total. The fraction of sp³-hybridized carbons (Fsp3) is 0.143. The Morgan fingerprint density at radius 2 is 1.75 bits per heavy atom. The van der Waals surface area contributed by atoms with Crippen LogP contribution in [0, 0.1) is 6.92 Å². The fourth-order valence-electron chi connectivity index (χ4n) is 0.722. The molecule has 0 radical (unpaired) electrons. The van der Waals surface area contributed by atoms with Gasteiger partial charge in [0.15, 0.2) is 3.95 Å². The van der Waals surface area contributed by atoms with Crippen molar-refractivity contribution in [1.82, 2.24) is 0 Å². The quantitative estimate of drug-likeness (QED) is 0.698. The van der Waals surface area contributed by atoms with Crippen molar-refractivity contribution >= 4 is 49.6 Å². The van der Waals surface area contributed by atoms with Gasteiger partial charge in [0.1, 0.15) is 0 Å². The molecule has 0 heterocycles. The van der Waals surface area contributed by atoms with E-state index in [1.54, 1.807) is 0 Å². The normalized spacial score (nSPS) is 11.6. The topological polar surface area (TPSA) is 0 Å². The smallest absolute Gasteiger partial charge is 0.0585 e. The molecule has 0 saturated heterocycles. The summed E-state index contributed by atoms with van der Waals surface area (Å²) < 4.78 is -2.21. The Morgan fingerprint density at radius 1 is 1.25 bits per heavy atom. The minimum atomic E-state index is -2.21. The number of halogens is 2. The first-order chi connectivity index (χ1) is 5.47. The molecule has 0 atom stereocenters. The molecule has 0 aliphatic heterocycles. The van der Waals surface area contributed by atoms with E-state index in [0.29, 0.717) is 0 Å². The van der Waals surface area contributed by atoms with Crippen molar-refractivity contribution < 1.29 is 0 Å². The van der Waals surface area contributed by atoms with Gasteiger partial charge in [-0.3, -0.25) is 0 Å². The lowest BCUT2D eigenvalue weighted by Crippen LogP contribution is -1.70. The van der Waals surface area contributed by atoms with Gasteiger partial charge in [0, 0.05) is 4.90 Å². The Morgan fingerprint density at radius 3 is 2.17 bits per heavy atom. The third-order valence-corrected chi connectivity index (χ3v) is 5.11. The Kier molecular flexibility index (Phi) is 3.94. The van der Waals surface area contributed by atoms with Gasteiger partial charge in [-0.05, 0) is 19.1 Å². The van der Waals surface area contributed by atoms with Gasteiger partial charge in [-0.25, -0.2) is 0 Å². The molecule has 0 aliphatic carbocycles. The second-order valence-corrected chi connectivity index (χ2v) is 14.3. The molecule has 0 unspecified atom stereocenters. The standard InChI is InChI=1S/C7H7Cl2PS2/c1-6-2-4-7(5-3-6)12-10(8,9)11/h2-5H,1H3. The highest BCUT2D eigenvalue weighted by molar-refractivity contribution is 8.85. The molecule has 12 heavy (non-hydrogen) atoms. The van der Waals surface area contributed by atoms with E-state index in [4.69, 9.17) is 34.3 Å². The number of hydrogen-bond donors (Lipinski definition) is 0. The summed E-state index contributed by atoms with van der Waals surface area (Å²) in [4.78, 5) is 1.04. The average Bonchev–Trinajstić information content (AvgIpc) is 1.91. The molecule has 1 aromatic carbocycles. The second-order valence-electron chi connectivity index (χ2n) is 2.32. The summed E-state index contributed by atoms with van der Waals surface area (Å²) in [6, 6.07) is 7.99. The number of aryl methyl sites for hydroxylation is 1. The molecule has 5 heteroatoms. The molecular weight excluding hydrogens is 250 g/mol. The summed E-state index contributed by atoms with van der Waals surface area (Å²) in [5.74, 6) is 0. The van der Waals surface area contributed by atoms with Crippen molar-refractivity contribution in [3.05, 3.63) is 29.8 Å². The largest absolute Gasteiger partial charge is 0.175 e. The molecule has 0 bridgehead atoms. The summed E-state index contributed by atoms with van der Waals surface area (Å²) >= 11 is 17.8. The van der Waals surface area contributed by atoms with Crippen LogP contribution < -0.4 is 0 Å². The molecule has 0 aliphatic rings. The number of rotatable bonds is 2. The lowest BCUT2D eigenvalue weighted by molar-refractivity contribution is 1.38. The first-order valence-corrected chi connectivity index (χ1v) is 9.26. The van der Waals surface area contributed by atoms with Crippen LogP contribution in [0.2, 0.25) is 0 Å². The second kappa shape index (κ2) is 4.34. The minimum absolute atomic E-state index is 1.04. The van der Waals surface area contributed by atoms with Crippen LogP contribution in [0.15, 0.2) is 29.2 Å². The highest BCUT2D eigenvalue weighted by Gasteiger charge is 2.09. The average molecular weight is 257 g/mol. The maximum atomic E-state index is 5.76. The van der Waals surface area contributed by atoms with Crippen LogP contribution in [0.4, 0.5) is 0 Å². The Hall–Kier alpha value is 0.800. The molecule has 0 spiro atoms. The first kappa shape index (κ1) is 10.9. The van der Waals surface area contributed by atoms with E-state index >= 15 is 0 Å². The summed E-state index contributed by atoms with van der Waals surface area (Å²) in [5.41, 5.74) is 1.22. The van der Waals surface area contributed by atoms with Crippen molar-refractivity contribution in [2.45, 2.75) is 11.8 Å². The zero-order valence-corrected chi connectivity index (χ0v) is 10.4. The SMILES string of the molecule is Cc1ccc(SP(=S)(Cl)Cl)cc1. The predicted molar refractivity (Wildman–Crippen MR) is 63.0 cm³/mol. The third kappa shape index (κ3) is 4.15. The fourth-order valence-corrected chi connectivity index (χ4v) is 4.54. The Labute approximate surface area is 91.0 Å². The molecule has 66 valence electrons. The van der Waals surface area contributed by atoms with Crippen molar-refractivity contribution in [3.63, 3.8) is 0 Å². The van der Waals surface area contributed by atoms with E-state index in [9.17, 15) is 0 Å². The predicted octanol–water partition coefficient (Wildman–Crippen LogP) is 4.79. The van der Waals surface area contributed by atoms with Gasteiger partial charge < -0.3 is 0 Å². The summed E-state index contributed by atoms with van der Waals surface area (Å²) in [6.45, 7) is 2.03. The van der Waals surface area contributed by atoms with Gasteiger partial charge in [-0.15, -0.1) is 0 Å². The lowest BCUT2D eigenvalue weighted by atomic mass is 10.2. The van der Waals surface area contributed by atoms with E-state index < -0.39 is 3.95 Å². The maximum absolute atomic E-state index is 5.76. The van der Waals surface area contributed by atoms with E-state index in [0.717, 1.165) is 4.90 Å². The highest BCUT2D eigenvalue weighted by atomic mass is 35.9. The number of benzene rings is 1. The zero-order chi connectivity index (χ0) is 9.19. The minimum Gasteiger partial charge on any atom is -0.0585 e. The van der Waals surface area contributed by atoms with Crippen molar-refractivity contribution in [2.24, 2.45) is 0 Å².